The summed E-state index contributed by atoms with van der Waals surface area (Å²) in [5.74, 6) is 0.316. The fraction of sp³-hybridized carbons (Fsp3) is 0.556. The first-order chi connectivity index (χ1) is 11.2. The molecular weight excluding hydrogens is 290 g/mol. The van der Waals surface area contributed by atoms with E-state index in [-0.39, 0.29) is 12.5 Å². The van der Waals surface area contributed by atoms with E-state index in [0.717, 1.165) is 19.0 Å². The maximum absolute atomic E-state index is 11.8. The number of rotatable bonds is 7. The molecular formula is C18H26N3O2+. The van der Waals surface area contributed by atoms with Crippen molar-refractivity contribution < 1.29 is 14.4 Å². The Hall–Kier alpha value is -2.06. The Labute approximate surface area is 138 Å². The Bertz CT molecular complexity index is 553. The number of carbonyl (C=O) groups is 1. The summed E-state index contributed by atoms with van der Waals surface area (Å²) in [6, 6.07) is 9.73. The SMILES string of the molecule is C[C@@H]1CCCC[NH+]1CCCNC(=O)COc1ccccc1C#N. The number of piperidine rings is 1. The van der Waals surface area contributed by atoms with E-state index < -0.39 is 0 Å². The van der Waals surface area contributed by atoms with Gasteiger partial charge in [0.2, 0.25) is 0 Å². The minimum Gasteiger partial charge on any atom is -0.482 e. The van der Waals surface area contributed by atoms with Crippen LogP contribution in [0.4, 0.5) is 0 Å². The number of nitrogens with zero attached hydrogens (tertiary/aromatic N) is 1. The van der Waals surface area contributed by atoms with Gasteiger partial charge < -0.3 is 15.0 Å². The van der Waals surface area contributed by atoms with Crippen molar-refractivity contribution in [2.75, 3.05) is 26.2 Å². The Morgan fingerprint density at radius 2 is 2.26 bits per heavy atom. The predicted octanol–water partition coefficient (Wildman–Crippen LogP) is 0.901. The van der Waals surface area contributed by atoms with E-state index in [2.05, 4.69) is 18.3 Å². The van der Waals surface area contributed by atoms with Crippen molar-refractivity contribution in [2.45, 2.75) is 38.6 Å². The van der Waals surface area contributed by atoms with Gasteiger partial charge in [0.25, 0.3) is 5.91 Å². The molecule has 1 aromatic carbocycles. The van der Waals surface area contributed by atoms with Gasteiger partial charge in [-0.05, 0) is 38.3 Å². The van der Waals surface area contributed by atoms with Gasteiger partial charge in [-0.25, -0.2) is 0 Å². The van der Waals surface area contributed by atoms with Gasteiger partial charge in [-0.1, -0.05) is 12.1 Å². The van der Waals surface area contributed by atoms with Crippen LogP contribution >= 0.6 is 0 Å². The quantitative estimate of drug-likeness (QED) is 0.735. The monoisotopic (exact) mass is 316 g/mol. The van der Waals surface area contributed by atoms with Crippen molar-refractivity contribution in [3.8, 4) is 11.8 Å². The summed E-state index contributed by atoms with van der Waals surface area (Å²) in [6.45, 7) is 5.31. The highest BCUT2D eigenvalue weighted by atomic mass is 16.5. The molecule has 0 spiro atoms. The van der Waals surface area contributed by atoms with Crippen molar-refractivity contribution >= 4 is 5.91 Å². The molecule has 1 fully saturated rings. The van der Waals surface area contributed by atoms with E-state index in [9.17, 15) is 4.79 Å². The van der Waals surface area contributed by atoms with Crippen molar-refractivity contribution in [3.05, 3.63) is 29.8 Å². The fourth-order valence-electron chi connectivity index (χ4n) is 3.05. The van der Waals surface area contributed by atoms with Crippen LogP contribution in [0, 0.1) is 11.3 Å². The summed E-state index contributed by atoms with van der Waals surface area (Å²) in [6.07, 6.45) is 4.97. The molecule has 1 aliphatic rings. The van der Waals surface area contributed by atoms with Crippen molar-refractivity contribution in [1.29, 1.82) is 5.26 Å². The van der Waals surface area contributed by atoms with Gasteiger partial charge in [0, 0.05) is 13.0 Å². The maximum Gasteiger partial charge on any atom is 0.257 e. The third kappa shape index (κ3) is 5.57. The molecule has 0 saturated carbocycles. The zero-order chi connectivity index (χ0) is 16.5. The van der Waals surface area contributed by atoms with Gasteiger partial charge >= 0.3 is 0 Å². The van der Waals surface area contributed by atoms with Crippen LogP contribution in [0.1, 0.15) is 38.2 Å². The number of nitrogens with one attached hydrogen (secondary N) is 2. The summed E-state index contributed by atoms with van der Waals surface area (Å²) in [5, 5.41) is 11.9. The normalized spacial score (nSPS) is 20.5. The second-order valence-corrected chi connectivity index (χ2v) is 6.16. The van der Waals surface area contributed by atoms with Crippen LogP contribution in [-0.4, -0.2) is 38.2 Å². The fourth-order valence-corrected chi connectivity index (χ4v) is 3.05. The number of hydrogen-bond acceptors (Lipinski definition) is 3. The van der Waals surface area contributed by atoms with Crippen molar-refractivity contribution in [3.63, 3.8) is 0 Å². The smallest absolute Gasteiger partial charge is 0.257 e. The van der Waals surface area contributed by atoms with Crippen LogP contribution in [0.3, 0.4) is 0 Å². The van der Waals surface area contributed by atoms with Crippen LogP contribution in [-0.2, 0) is 4.79 Å². The molecule has 23 heavy (non-hydrogen) atoms. The summed E-state index contributed by atoms with van der Waals surface area (Å²) >= 11 is 0. The first-order valence-corrected chi connectivity index (χ1v) is 8.44. The number of carbonyl (C=O) groups excluding carboxylic acids is 1. The topological polar surface area (TPSA) is 66.6 Å². The molecule has 124 valence electrons. The number of hydrogen-bond donors (Lipinski definition) is 2. The van der Waals surface area contributed by atoms with Crippen molar-refractivity contribution in [1.82, 2.24) is 5.32 Å². The molecule has 1 saturated heterocycles. The first-order valence-electron chi connectivity index (χ1n) is 8.44. The molecule has 1 aromatic rings. The molecule has 0 aliphatic carbocycles. The molecule has 1 amide bonds. The minimum atomic E-state index is -0.139. The van der Waals surface area contributed by atoms with E-state index in [4.69, 9.17) is 10.00 Å². The number of likely N-dealkylation sites (tertiary alicyclic amines) is 1. The molecule has 0 aromatic heterocycles. The number of nitriles is 1. The third-order valence-corrected chi connectivity index (χ3v) is 4.45. The zero-order valence-electron chi connectivity index (χ0n) is 13.8. The molecule has 5 nitrogen and oxygen atoms in total. The highest BCUT2D eigenvalue weighted by Crippen LogP contribution is 2.16. The van der Waals surface area contributed by atoms with Crippen LogP contribution in [0.5, 0.6) is 5.75 Å². The van der Waals surface area contributed by atoms with Gasteiger partial charge in [-0.3, -0.25) is 4.79 Å². The van der Waals surface area contributed by atoms with Crippen molar-refractivity contribution in [2.24, 2.45) is 0 Å². The summed E-state index contributed by atoms with van der Waals surface area (Å²) in [7, 11) is 0. The highest BCUT2D eigenvalue weighted by Gasteiger charge is 2.20. The van der Waals surface area contributed by atoms with E-state index in [1.54, 1.807) is 29.2 Å². The molecule has 0 radical (unpaired) electrons. The Kier molecular flexibility index (Phi) is 6.89. The van der Waals surface area contributed by atoms with E-state index >= 15 is 0 Å². The predicted molar refractivity (Wildman–Crippen MR) is 88.3 cm³/mol. The summed E-state index contributed by atoms with van der Waals surface area (Å²) < 4.78 is 5.41. The average Bonchev–Trinajstić information content (AvgIpc) is 2.58. The van der Waals surface area contributed by atoms with E-state index in [0.29, 0.717) is 17.9 Å². The second-order valence-electron chi connectivity index (χ2n) is 6.16. The van der Waals surface area contributed by atoms with E-state index in [1.807, 2.05) is 0 Å². The molecule has 5 heteroatoms. The molecule has 2 N–H and O–H groups in total. The molecule has 2 rings (SSSR count). The molecule has 2 atom stereocenters. The zero-order valence-corrected chi connectivity index (χ0v) is 13.8. The van der Waals surface area contributed by atoms with E-state index in [1.165, 1.54) is 25.8 Å². The number of amides is 1. The lowest BCUT2D eigenvalue weighted by molar-refractivity contribution is -0.928. The summed E-state index contributed by atoms with van der Waals surface area (Å²) in [4.78, 5) is 13.5. The number of ether oxygens (including phenoxy) is 1. The number of benzene rings is 1. The van der Waals surface area contributed by atoms with Crippen LogP contribution < -0.4 is 15.0 Å². The molecule has 0 bridgehead atoms. The standard InChI is InChI=1S/C18H25N3O2/c1-15-7-4-5-11-21(15)12-6-10-20-18(22)14-23-17-9-3-2-8-16(17)13-19/h2-3,8-9,15H,4-7,10-12,14H2,1H3,(H,20,22)/p+1/t15-/m1/s1. The minimum absolute atomic E-state index is 0.0499. The Morgan fingerprint density at radius 3 is 3.04 bits per heavy atom. The van der Waals surface area contributed by atoms with Gasteiger partial charge in [-0.15, -0.1) is 0 Å². The Balaban J connectivity index is 1.63. The molecule has 1 unspecified atom stereocenters. The van der Waals surface area contributed by atoms with Gasteiger partial charge in [0.1, 0.15) is 11.8 Å². The largest absolute Gasteiger partial charge is 0.482 e. The summed E-state index contributed by atoms with van der Waals surface area (Å²) in [5.41, 5.74) is 0.447. The maximum atomic E-state index is 11.8. The lowest BCUT2D eigenvalue weighted by Crippen LogP contribution is -3.16. The number of para-hydroxylation sites is 1. The highest BCUT2D eigenvalue weighted by molar-refractivity contribution is 5.77. The number of quaternary nitrogens is 1. The second kappa shape index (κ2) is 9.16. The third-order valence-electron chi connectivity index (χ3n) is 4.45. The lowest BCUT2D eigenvalue weighted by atomic mass is 10.0. The average molecular weight is 316 g/mol. The molecule has 1 aliphatic heterocycles. The van der Waals surface area contributed by atoms with Gasteiger partial charge in [0.15, 0.2) is 6.61 Å². The van der Waals surface area contributed by atoms with Crippen LogP contribution in [0.15, 0.2) is 24.3 Å². The first kappa shape index (κ1) is 17.3. The lowest BCUT2D eigenvalue weighted by Gasteiger charge is -2.30. The molecule has 1 heterocycles. The van der Waals surface area contributed by atoms with Crippen LogP contribution in [0.25, 0.3) is 0 Å². The van der Waals surface area contributed by atoms with Gasteiger partial charge in [0.05, 0.1) is 24.7 Å². The van der Waals surface area contributed by atoms with Crippen LogP contribution in [0.2, 0.25) is 0 Å². The van der Waals surface area contributed by atoms with Gasteiger partial charge in [-0.2, -0.15) is 5.26 Å². The Morgan fingerprint density at radius 1 is 1.43 bits per heavy atom.